The molecule has 0 heterocycles. The number of aliphatic carboxylic acids is 1. The van der Waals surface area contributed by atoms with Crippen LogP contribution in [0.2, 0.25) is 0 Å². The SMILES string of the molecule is CC(C)CNC(=O)CN(C)C(=O)NC(C)CCC(=O)O. The van der Waals surface area contributed by atoms with E-state index in [1.165, 1.54) is 11.9 Å². The van der Waals surface area contributed by atoms with Crippen molar-refractivity contribution in [2.24, 2.45) is 5.92 Å². The standard InChI is InChI=1S/C13H25N3O4/c1-9(2)7-14-11(17)8-16(4)13(20)15-10(3)5-6-12(18)19/h9-10H,5-8H2,1-4H3,(H,14,17)(H,15,20)(H,18,19). The van der Waals surface area contributed by atoms with Crippen molar-refractivity contribution in [1.29, 1.82) is 0 Å². The van der Waals surface area contributed by atoms with Crippen LogP contribution in [0.1, 0.15) is 33.6 Å². The van der Waals surface area contributed by atoms with Gasteiger partial charge in [0.15, 0.2) is 0 Å². The van der Waals surface area contributed by atoms with Gasteiger partial charge in [0.05, 0.1) is 0 Å². The zero-order valence-electron chi connectivity index (χ0n) is 12.6. The van der Waals surface area contributed by atoms with Crippen LogP contribution in [0, 0.1) is 5.92 Å². The molecule has 0 bridgehead atoms. The lowest BCUT2D eigenvalue weighted by Gasteiger charge is -2.21. The fraction of sp³-hybridized carbons (Fsp3) is 0.769. The maximum atomic E-state index is 11.8. The van der Waals surface area contributed by atoms with Gasteiger partial charge in [0.2, 0.25) is 5.91 Å². The molecule has 0 aliphatic heterocycles. The van der Waals surface area contributed by atoms with Crippen molar-refractivity contribution >= 4 is 17.9 Å². The van der Waals surface area contributed by atoms with Gasteiger partial charge in [-0.1, -0.05) is 13.8 Å². The Bertz CT molecular complexity index is 345. The van der Waals surface area contributed by atoms with Crippen LogP contribution in [-0.2, 0) is 9.59 Å². The molecule has 20 heavy (non-hydrogen) atoms. The number of urea groups is 1. The van der Waals surface area contributed by atoms with Gasteiger partial charge in [-0.2, -0.15) is 0 Å². The molecule has 0 saturated carbocycles. The number of carbonyl (C=O) groups is 3. The Labute approximate surface area is 119 Å². The lowest BCUT2D eigenvalue weighted by atomic mass is 10.2. The molecule has 3 N–H and O–H groups in total. The molecule has 7 nitrogen and oxygen atoms in total. The van der Waals surface area contributed by atoms with Crippen LogP contribution in [0.5, 0.6) is 0 Å². The second-order valence-electron chi connectivity index (χ2n) is 5.34. The molecule has 0 aromatic carbocycles. The van der Waals surface area contributed by atoms with Gasteiger partial charge in [0.1, 0.15) is 6.54 Å². The van der Waals surface area contributed by atoms with E-state index in [4.69, 9.17) is 5.11 Å². The van der Waals surface area contributed by atoms with E-state index in [2.05, 4.69) is 10.6 Å². The van der Waals surface area contributed by atoms with Crippen molar-refractivity contribution in [3.8, 4) is 0 Å². The zero-order valence-corrected chi connectivity index (χ0v) is 12.6. The van der Waals surface area contributed by atoms with Crippen LogP contribution in [0.15, 0.2) is 0 Å². The molecule has 3 amide bonds. The summed E-state index contributed by atoms with van der Waals surface area (Å²) in [4.78, 5) is 35.0. The summed E-state index contributed by atoms with van der Waals surface area (Å²) in [5, 5.41) is 13.9. The second kappa shape index (κ2) is 9.17. The number of amides is 3. The molecule has 1 atom stereocenters. The number of carboxylic acids is 1. The molecule has 0 aliphatic carbocycles. The first-order valence-corrected chi connectivity index (χ1v) is 6.72. The quantitative estimate of drug-likeness (QED) is 0.610. The molecule has 0 spiro atoms. The van der Waals surface area contributed by atoms with Gasteiger partial charge in [-0.15, -0.1) is 0 Å². The monoisotopic (exact) mass is 287 g/mol. The summed E-state index contributed by atoms with van der Waals surface area (Å²) in [5.74, 6) is -0.754. The Morgan fingerprint density at radius 2 is 1.80 bits per heavy atom. The minimum atomic E-state index is -0.896. The van der Waals surface area contributed by atoms with Crippen LogP contribution < -0.4 is 10.6 Å². The highest BCUT2D eigenvalue weighted by Crippen LogP contribution is 1.97. The number of likely N-dealkylation sites (N-methyl/N-ethyl adjacent to an activating group) is 1. The van der Waals surface area contributed by atoms with E-state index in [0.717, 1.165) is 0 Å². The van der Waals surface area contributed by atoms with Crippen molar-refractivity contribution in [1.82, 2.24) is 15.5 Å². The van der Waals surface area contributed by atoms with Crippen molar-refractivity contribution < 1.29 is 19.5 Å². The molecule has 0 saturated heterocycles. The van der Waals surface area contributed by atoms with E-state index in [1.807, 2.05) is 13.8 Å². The van der Waals surface area contributed by atoms with Crippen molar-refractivity contribution in [3.05, 3.63) is 0 Å². The predicted molar refractivity (Wildman–Crippen MR) is 75.3 cm³/mol. The molecule has 0 fully saturated rings. The number of hydrogen-bond donors (Lipinski definition) is 3. The van der Waals surface area contributed by atoms with Crippen LogP contribution in [-0.4, -0.2) is 54.1 Å². The summed E-state index contributed by atoms with van der Waals surface area (Å²) in [6.07, 6.45) is 0.356. The highest BCUT2D eigenvalue weighted by atomic mass is 16.4. The highest BCUT2D eigenvalue weighted by Gasteiger charge is 2.15. The van der Waals surface area contributed by atoms with E-state index < -0.39 is 5.97 Å². The number of nitrogens with one attached hydrogen (secondary N) is 2. The van der Waals surface area contributed by atoms with Gasteiger partial charge >= 0.3 is 12.0 Å². The number of carboxylic acid groups (broad SMARTS) is 1. The smallest absolute Gasteiger partial charge is 0.317 e. The summed E-state index contributed by atoms with van der Waals surface area (Å²) >= 11 is 0. The third kappa shape index (κ3) is 9.18. The molecule has 7 heteroatoms. The first-order chi connectivity index (χ1) is 9.22. The average molecular weight is 287 g/mol. The minimum absolute atomic E-state index is 0.0000352. The Kier molecular flexibility index (Phi) is 8.35. The maximum Gasteiger partial charge on any atom is 0.317 e. The Morgan fingerprint density at radius 3 is 2.30 bits per heavy atom. The van der Waals surface area contributed by atoms with Crippen LogP contribution in [0.25, 0.3) is 0 Å². The van der Waals surface area contributed by atoms with Gasteiger partial charge < -0.3 is 20.6 Å². The van der Waals surface area contributed by atoms with Gasteiger partial charge in [0, 0.05) is 26.1 Å². The summed E-state index contributed by atoms with van der Waals surface area (Å²) < 4.78 is 0. The highest BCUT2D eigenvalue weighted by molar-refractivity contribution is 5.83. The molecular weight excluding hydrogens is 262 g/mol. The minimum Gasteiger partial charge on any atom is -0.481 e. The molecule has 0 aliphatic rings. The summed E-state index contributed by atoms with van der Waals surface area (Å²) in [5.41, 5.74) is 0. The summed E-state index contributed by atoms with van der Waals surface area (Å²) in [7, 11) is 1.52. The predicted octanol–water partition coefficient (Wildman–Crippen LogP) is 0.653. The van der Waals surface area contributed by atoms with E-state index >= 15 is 0 Å². The van der Waals surface area contributed by atoms with E-state index in [1.54, 1.807) is 6.92 Å². The topological polar surface area (TPSA) is 98.7 Å². The Hall–Kier alpha value is -1.79. The van der Waals surface area contributed by atoms with Gasteiger partial charge in [-0.3, -0.25) is 9.59 Å². The number of hydrogen-bond acceptors (Lipinski definition) is 3. The van der Waals surface area contributed by atoms with Crippen LogP contribution in [0.4, 0.5) is 4.79 Å². The average Bonchev–Trinajstić information content (AvgIpc) is 2.33. The maximum absolute atomic E-state index is 11.8. The first kappa shape index (κ1) is 18.2. The van der Waals surface area contributed by atoms with Gasteiger partial charge in [0.25, 0.3) is 0 Å². The molecule has 116 valence electrons. The third-order valence-electron chi connectivity index (χ3n) is 2.60. The van der Waals surface area contributed by atoms with Crippen LogP contribution in [0.3, 0.4) is 0 Å². The molecule has 0 rings (SSSR count). The normalized spacial score (nSPS) is 11.8. The van der Waals surface area contributed by atoms with Crippen molar-refractivity contribution in [3.63, 3.8) is 0 Å². The molecule has 0 aromatic rings. The lowest BCUT2D eigenvalue weighted by Crippen LogP contribution is -2.46. The number of rotatable bonds is 8. The Morgan fingerprint density at radius 1 is 1.20 bits per heavy atom. The van der Waals surface area contributed by atoms with Crippen LogP contribution >= 0.6 is 0 Å². The van der Waals surface area contributed by atoms with Crippen molar-refractivity contribution in [2.75, 3.05) is 20.1 Å². The molecular formula is C13H25N3O4. The lowest BCUT2D eigenvalue weighted by molar-refractivity contribution is -0.137. The second-order valence-corrected chi connectivity index (χ2v) is 5.34. The summed E-state index contributed by atoms with van der Waals surface area (Å²) in [6, 6.07) is -0.637. The van der Waals surface area contributed by atoms with E-state index in [-0.39, 0.29) is 30.9 Å². The third-order valence-corrected chi connectivity index (χ3v) is 2.60. The fourth-order valence-electron chi connectivity index (χ4n) is 1.39. The first-order valence-electron chi connectivity index (χ1n) is 6.72. The number of nitrogens with zero attached hydrogens (tertiary/aromatic N) is 1. The van der Waals surface area contributed by atoms with E-state index in [0.29, 0.717) is 18.9 Å². The van der Waals surface area contributed by atoms with Gasteiger partial charge in [-0.05, 0) is 19.3 Å². The largest absolute Gasteiger partial charge is 0.481 e. The van der Waals surface area contributed by atoms with Gasteiger partial charge in [-0.25, -0.2) is 4.79 Å². The Balaban J connectivity index is 4.02. The molecule has 0 radical (unpaired) electrons. The number of carbonyl (C=O) groups excluding carboxylic acids is 2. The molecule has 1 unspecified atom stereocenters. The summed E-state index contributed by atoms with van der Waals surface area (Å²) in [6.45, 7) is 6.25. The fourth-order valence-corrected chi connectivity index (χ4v) is 1.39. The zero-order chi connectivity index (χ0) is 15.7. The molecule has 0 aromatic heterocycles. The van der Waals surface area contributed by atoms with E-state index in [9.17, 15) is 14.4 Å². The van der Waals surface area contributed by atoms with Crippen molar-refractivity contribution in [2.45, 2.75) is 39.7 Å².